The highest BCUT2D eigenvalue weighted by Crippen LogP contribution is 2.38. The molecule has 0 fully saturated rings. The number of para-hydroxylation sites is 4. The average molecular weight is 677 g/mol. The third kappa shape index (κ3) is 5.16. The van der Waals surface area contributed by atoms with E-state index in [1.165, 1.54) is 0 Å². The molecule has 0 amide bonds. The molecular weight excluding hydrogens is 645 g/mol. The van der Waals surface area contributed by atoms with Gasteiger partial charge in [-0.15, -0.1) is 0 Å². The van der Waals surface area contributed by atoms with Crippen molar-refractivity contribution in [3.63, 3.8) is 0 Å². The van der Waals surface area contributed by atoms with E-state index in [2.05, 4.69) is 58.5 Å². The van der Waals surface area contributed by atoms with E-state index in [-0.39, 0.29) is 11.5 Å². The van der Waals surface area contributed by atoms with Crippen LogP contribution in [0.2, 0.25) is 0 Å². The fourth-order valence-corrected chi connectivity index (χ4v) is 7.07. The number of fused-ring (bicyclic) bond motifs is 2. The van der Waals surface area contributed by atoms with Crippen LogP contribution in [-0.4, -0.2) is 39.3 Å². The molecule has 3 aromatic heterocycles. The Balaban J connectivity index is 1.08. The van der Waals surface area contributed by atoms with Crippen LogP contribution in [0.5, 0.6) is 11.5 Å². The number of benzene rings is 6. The maximum Gasteiger partial charge on any atom is 0.144 e. The number of aromatic nitrogens is 6. The topological polar surface area (TPSA) is 102 Å². The third-order valence-electron chi connectivity index (χ3n) is 9.72. The number of phenolic OH excluding ortho intramolecular Hbond substituents is 2. The van der Waals surface area contributed by atoms with Crippen LogP contribution < -0.4 is 0 Å². The third-order valence-corrected chi connectivity index (χ3v) is 9.72. The van der Waals surface area contributed by atoms with Crippen LogP contribution in [0.1, 0.15) is 0 Å². The Morgan fingerprint density at radius 2 is 0.827 bits per heavy atom. The van der Waals surface area contributed by atoms with Gasteiger partial charge in [0.05, 0.1) is 44.6 Å². The van der Waals surface area contributed by atoms with Crippen LogP contribution in [0, 0.1) is 0 Å². The Kier molecular flexibility index (Phi) is 7.36. The molecule has 0 unspecified atom stereocenters. The summed E-state index contributed by atoms with van der Waals surface area (Å²) in [6.07, 6.45) is 1.61. The predicted octanol–water partition coefficient (Wildman–Crippen LogP) is 9.66. The van der Waals surface area contributed by atoms with Crippen LogP contribution >= 0.6 is 0 Å². The summed E-state index contributed by atoms with van der Waals surface area (Å²) >= 11 is 0. The van der Waals surface area contributed by atoms with Crippen molar-refractivity contribution in [1.29, 1.82) is 0 Å². The molecule has 0 aliphatic rings. The Hall–Kier alpha value is -7.06. The number of aromatic hydroxyl groups is 2. The number of rotatable bonds is 6. The van der Waals surface area contributed by atoms with Gasteiger partial charge in [0, 0.05) is 36.3 Å². The van der Waals surface area contributed by atoms with Gasteiger partial charge in [0.2, 0.25) is 0 Å². The van der Waals surface area contributed by atoms with Crippen molar-refractivity contribution < 1.29 is 10.2 Å². The van der Waals surface area contributed by atoms with Crippen LogP contribution in [0.3, 0.4) is 0 Å². The van der Waals surface area contributed by atoms with Gasteiger partial charge in [0.25, 0.3) is 0 Å². The number of phenols is 2. The smallest absolute Gasteiger partial charge is 0.144 e. The van der Waals surface area contributed by atoms with Gasteiger partial charge in [-0.3, -0.25) is 0 Å². The molecule has 3 heterocycles. The zero-order chi connectivity index (χ0) is 35.3. The lowest BCUT2D eigenvalue weighted by Gasteiger charge is -2.09. The molecule has 9 aromatic rings. The van der Waals surface area contributed by atoms with E-state index in [1.54, 1.807) is 18.5 Å². The van der Waals surface area contributed by atoms with Gasteiger partial charge < -0.3 is 19.3 Å². The van der Waals surface area contributed by atoms with Gasteiger partial charge in [-0.1, -0.05) is 84.9 Å². The van der Waals surface area contributed by atoms with E-state index in [4.69, 9.17) is 9.97 Å². The second-order valence-corrected chi connectivity index (χ2v) is 12.8. The summed E-state index contributed by atoms with van der Waals surface area (Å²) in [5.74, 6) is 1.80. The van der Waals surface area contributed by atoms with Crippen molar-refractivity contribution in [2.45, 2.75) is 0 Å². The van der Waals surface area contributed by atoms with Crippen molar-refractivity contribution in [1.82, 2.24) is 29.1 Å². The predicted molar refractivity (Wildman–Crippen MR) is 207 cm³/mol. The van der Waals surface area contributed by atoms with Crippen LogP contribution in [0.4, 0.5) is 0 Å². The molecule has 0 radical (unpaired) electrons. The molecule has 2 N–H and O–H groups in total. The Labute approximate surface area is 299 Å². The van der Waals surface area contributed by atoms with E-state index < -0.39 is 0 Å². The molecular formula is C44H32N6O2. The number of aryl methyl sites for hydroxylation is 2. The number of hydrogen-bond acceptors (Lipinski definition) is 6. The molecule has 6 aromatic carbocycles. The molecule has 0 bridgehead atoms. The summed E-state index contributed by atoms with van der Waals surface area (Å²) in [6, 6.07) is 45.5. The Bertz CT molecular complexity index is 2630. The summed E-state index contributed by atoms with van der Waals surface area (Å²) in [5, 5.41) is 21.1. The fourth-order valence-electron chi connectivity index (χ4n) is 7.07. The fraction of sp³-hybridized carbons (Fsp3) is 0.0455. The molecule has 0 saturated carbocycles. The van der Waals surface area contributed by atoms with Gasteiger partial charge in [-0.2, -0.15) is 0 Å². The van der Waals surface area contributed by atoms with Gasteiger partial charge in [-0.05, 0) is 65.7 Å². The van der Waals surface area contributed by atoms with Gasteiger partial charge in [0.15, 0.2) is 0 Å². The van der Waals surface area contributed by atoms with E-state index in [0.717, 1.165) is 66.8 Å². The molecule has 250 valence electrons. The van der Waals surface area contributed by atoms with E-state index >= 15 is 0 Å². The summed E-state index contributed by atoms with van der Waals surface area (Å²) in [6.45, 7) is 0. The minimum Gasteiger partial charge on any atom is -0.507 e. The highest BCUT2D eigenvalue weighted by molar-refractivity contribution is 5.96. The first kappa shape index (κ1) is 31.0. The molecule has 8 heteroatoms. The van der Waals surface area contributed by atoms with Gasteiger partial charge in [0.1, 0.15) is 29.5 Å². The van der Waals surface area contributed by atoms with Crippen molar-refractivity contribution in [2.75, 3.05) is 0 Å². The summed E-state index contributed by atoms with van der Waals surface area (Å²) in [5.41, 5.74) is 12.6. The SMILES string of the molecule is Cn1c(-c2ccccc2O)nc2c(-c3cccc(-c4cc(-c5cccc(-c6cccc7c6nc(-c6ccccc6O)n7C)c5)ncn4)c3)cccc21. The lowest BCUT2D eigenvalue weighted by Crippen LogP contribution is -1.92. The molecule has 9 rings (SSSR count). The average Bonchev–Trinajstić information content (AvgIpc) is 3.71. The molecule has 8 nitrogen and oxygen atoms in total. The maximum absolute atomic E-state index is 10.6. The normalized spacial score (nSPS) is 11.4. The lowest BCUT2D eigenvalue weighted by molar-refractivity contribution is 0.476. The number of nitrogens with zero attached hydrogens (tertiary/aromatic N) is 6. The molecule has 52 heavy (non-hydrogen) atoms. The highest BCUT2D eigenvalue weighted by Gasteiger charge is 2.18. The Morgan fingerprint density at radius 1 is 0.423 bits per heavy atom. The van der Waals surface area contributed by atoms with Gasteiger partial charge in [-0.25, -0.2) is 19.9 Å². The maximum atomic E-state index is 10.6. The Morgan fingerprint density at radius 3 is 1.29 bits per heavy atom. The minimum absolute atomic E-state index is 0.196. The minimum atomic E-state index is 0.196. The van der Waals surface area contributed by atoms with Gasteiger partial charge >= 0.3 is 0 Å². The molecule has 0 aliphatic heterocycles. The van der Waals surface area contributed by atoms with E-state index in [1.807, 2.05) is 102 Å². The number of imidazole rings is 2. The molecule has 0 saturated heterocycles. The second kappa shape index (κ2) is 12.4. The zero-order valence-corrected chi connectivity index (χ0v) is 28.4. The first-order valence-electron chi connectivity index (χ1n) is 17.0. The molecule has 0 atom stereocenters. The van der Waals surface area contributed by atoms with Crippen LogP contribution in [0.15, 0.2) is 146 Å². The first-order chi connectivity index (χ1) is 25.4. The second-order valence-electron chi connectivity index (χ2n) is 12.8. The zero-order valence-electron chi connectivity index (χ0n) is 28.4. The van der Waals surface area contributed by atoms with E-state index in [0.29, 0.717) is 22.8 Å². The number of hydrogen-bond donors (Lipinski definition) is 2. The summed E-state index contributed by atoms with van der Waals surface area (Å²) in [7, 11) is 3.94. The van der Waals surface area contributed by atoms with Crippen LogP contribution in [-0.2, 0) is 14.1 Å². The lowest BCUT2D eigenvalue weighted by atomic mass is 9.98. The monoisotopic (exact) mass is 676 g/mol. The van der Waals surface area contributed by atoms with Crippen molar-refractivity contribution >= 4 is 22.1 Å². The van der Waals surface area contributed by atoms with Crippen LogP contribution in [0.25, 0.3) is 89.6 Å². The largest absolute Gasteiger partial charge is 0.507 e. The highest BCUT2D eigenvalue weighted by atomic mass is 16.3. The van der Waals surface area contributed by atoms with E-state index in [9.17, 15) is 10.2 Å². The standard InChI is InChI=1S/C44H32N6O2/c1-49-37-19-9-17-31(41(37)47-43(49)33-15-3-5-21-39(33)51)27-11-7-13-29(23-27)35-25-36(46-26-45-35)30-14-8-12-28(24-30)32-18-10-20-38-42(32)48-44(50(38)2)34-16-4-6-22-40(34)52/h3-26,51-52H,1-2H3. The quantitative estimate of drug-likeness (QED) is 0.182. The molecule has 0 aliphatic carbocycles. The van der Waals surface area contributed by atoms with Crippen molar-refractivity contribution in [3.05, 3.63) is 146 Å². The van der Waals surface area contributed by atoms with Crippen molar-refractivity contribution in [2.24, 2.45) is 14.1 Å². The summed E-state index contributed by atoms with van der Waals surface area (Å²) < 4.78 is 4.04. The molecule has 0 spiro atoms. The summed E-state index contributed by atoms with van der Waals surface area (Å²) in [4.78, 5) is 19.4. The van der Waals surface area contributed by atoms with Crippen molar-refractivity contribution in [3.8, 4) is 79.0 Å². The first-order valence-corrected chi connectivity index (χ1v) is 17.0.